The van der Waals surface area contributed by atoms with Gasteiger partial charge in [0.15, 0.2) is 0 Å². The Hall–Kier alpha value is -0.530. The van der Waals surface area contributed by atoms with Gasteiger partial charge in [-0.2, -0.15) is 0 Å². The van der Waals surface area contributed by atoms with E-state index in [9.17, 15) is 4.79 Å². The number of ether oxygens (including phenoxy) is 1. The van der Waals surface area contributed by atoms with Crippen molar-refractivity contribution in [2.24, 2.45) is 34.0 Å². The van der Waals surface area contributed by atoms with Gasteiger partial charge in [0.1, 0.15) is 5.60 Å². The zero-order valence-electron chi connectivity index (χ0n) is 16.3. The Morgan fingerprint density at radius 3 is 2.39 bits per heavy atom. The van der Waals surface area contributed by atoms with Crippen molar-refractivity contribution in [2.75, 3.05) is 0 Å². The minimum absolute atomic E-state index is 0.000595. The summed E-state index contributed by atoms with van der Waals surface area (Å²) in [6, 6.07) is 0. The van der Waals surface area contributed by atoms with E-state index in [2.05, 4.69) is 34.6 Å². The molecule has 0 heterocycles. The number of rotatable bonds is 3. The normalized spacial score (nSPS) is 44.9. The molecular weight excluding hydrogens is 284 g/mol. The van der Waals surface area contributed by atoms with Gasteiger partial charge in [-0.05, 0) is 82.0 Å². The maximum absolute atomic E-state index is 12.7. The van der Waals surface area contributed by atoms with E-state index >= 15 is 0 Å². The van der Waals surface area contributed by atoms with Crippen LogP contribution in [0, 0.1) is 34.0 Å². The summed E-state index contributed by atoms with van der Waals surface area (Å²) in [5, 5.41) is 0. The maximum Gasteiger partial charge on any atom is 0.312 e. The highest BCUT2D eigenvalue weighted by molar-refractivity contribution is 5.76. The molecule has 5 atom stereocenters. The lowest BCUT2D eigenvalue weighted by Gasteiger charge is -2.47. The molecule has 1 spiro atoms. The molecule has 2 nitrogen and oxygen atoms in total. The first-order valence-corrected chi connectivity index (χ1v) is 9.73. The molecular formula is C21H36O2. The highest BCUT2D eigenvalue weighted by Gasteiger charge is 2.69. The van der Waals surface area contributed by atoms with Crippen LogP contribution < -0.4 is 0 Å². The van der Waals surface area contributed by atoms with Crippen LogP contribution in [0.2, 0.25) is 0 Å². The van der Waals surface area contributed by atoms with Crippen molar-refractivity contribution in [3.63, 3.8) is 0 Å². The zero-order chi connectivity index (χ0) is 17.3. The molecule has 4 unspecified atom stereocenters. The van der Waals surface area contributed by atoms with Gasteiger partial charge < -0.3 is 4.74 Å². The van der Waals surface area contributed by atoms with Crippen molar-refractivity contribution in [3.8, 4) is 0 Å². The Morgan fingerprint density at radius 1 is 1.13 bits per heavy atom. The van der Waals surface area contributed by atoms with Crippen LogP contribution in [-0.2, 0) is 9.53 Å². The first kappa shape index (κ1) is 17.3. The standard InChI is InChI=1S/C21H36O2/c1-8-18(3,4)17(22)23-20(7)11-12-21-13-16(20)19(5,6)15(21)10-9-14(21)2/h14-16H,8-13H2,1-7H3/t14?,15?,16?,20-,21?/m0/s1. The lowest BCUT2D eigenvalue weighted by Crippen LogP contribution is -2.49. The third-order valence-electron chi connectivity index (χ3n) is 8.53. The van der Waals surface area contributed by atoms with Crippen LogP contribution in [0.3, 0.4) is 0 Å². The van der Waals surface area contributed by atoms with Gasteiger partial charge in [0.25, 0.3) is 0 Å². The number of carbonyl (C=O) groups is 1. The molecule has 3 aliphatic rings. The van der Waals surface area contributed by atoms with E-state index < -0.39 is 0 Å². The van der Waals surface area contributed by atoms with Crippen LogP contribution in [0.1, 0.15) is 87.0 Å². The fourth-order valence-corrected chi connectivity index (χ4v) is 6.47. The van der Waals surface area contributed by atoms with Crippen LogP contribution in [0.5, 0.6) is 0 Å². The molecule has 0 radical (unpaired) electrons. The second kappa shape index (κ2) is 4.99. The van der Waals surface area contributed by atoms with Gasteiger partial charge in [-0.25, -0.2) is 0 Å². The lowest BCUT2D eigenvalue weighted by molar-refractivity contribution is -0.184. The quantitative estimate of drug-likeness (QED) is 0.633. The van der Waals surface area contributed by atoms with Crippen molar-refractivity contribution in [1.29, 1.82) is 0 Å². The average molecular weight is 321 g/mol. The first-order chi connectivity index (χ1) is 10.5. The largest absolute Gasteiger partial charge is 0.459 e. The monoisotopic (exact) mass is 320 g/mol. The summed E-state index contributed by atoms with van der Waals surface area (Å²) in [7, 11) is 0. The predicted molar refractivity (Wildman–Crippen MR) is 94.0 cm³/mol. The molecule has 0 saturated heterocycles. The molecule has 2 heteroatoms. The molecule has 3 fully saturated rings. The second-order valence-corrected chi connectivity index (χ2v) is 10.3. The van der Waals surface area contributed by atoms with Crippen LogP contribution in [0.15, 0.2) is 0 Å². The third kappa shape index (κ3) is 2.23. The smallest absolute Gasteiger partial charge is 0.312 e. The summed E-state index contributed by atoms with van der Waals surface area (Å²) in [6.07, 6.45) is 7.15. The van der Waals surface area contributed by atoms with E-state index in [1.165, 1.54) is 25.7 Å². The molecule has 2 bridgehead atoms. The molecule has 0 aromatic heterocycles. The van der Waals surface area contributed by atoms with E-state index in [1.807, 2.05) is 13.8 Å². The van der Waals surface area contributed by atoms with Crippen molar-refractivity contribution in [3.05, 3.63) is 0 Å². The highest BCUT2D eigenvalue weighted by Crippen LogP contribution is 2.73. The Morgan fingerprint density at radius 2 is 1.78 bits per heavy atom. The molecule has 3 rings (SSSR count). The minimum Gasteiger partial charge on any atom is -0.459 e. The van der Waals surface area contributed by atoms with Crippen LogP contribution in [-0.4, -0.2) is 11.6 Å². The van der Waals surface area contributed by atoms with E-state index in [4.69, 9.17) is 4.74 Å². The van der Waals surface area contributed by atoms with Gasteiger partial charge >= 0.3 is 5.97 Å². The number of hydrogen-bond acceptors (Lipinski definition) is 2. The van der Waals surface area contributed by atoms with Crippen molar-refractivity contribution >= 4 is 5.97 Å². The number of esters is 1. The molecule has 0 aromatic carbocycles. The summed E-state index contributed by atoms with van der Waals surface area (Å²) in [4.78, 5) is 12.7. The minimum atomic E-state index is -0.371. The predicted octanol–water partition coefficient (Wildman–Crippen LogP) is 5.60. The van der Waals surface area contributed by atoms with E-state index in [-0.39, 0.29) is 22.4 Å². The van der Waals surface area contributed by atoms with E-state index in [1.54, 1.807) is 0 Å². The highest BCUT2D eigenvalue weighted by atomic mass is 16.6. The van der Waals surface area contributed by atoms with E-state index in [0.29, 0.717) is 11.3 Å². The second-order valence-electron chi connectivity index (χ2n) is 10.3. The molecule has 3 aliphatic carbocycles. The van der Waals surface area contributed by atoms with Crippen molar-refractivity contribution in [2.45, 2.75) is 92.6 Å². The van der Waals surface area contributed by atoms with E-state index in [0.717, 1.165) is 24.7 Å². The van der Waals surface area contributed by atoms with Gasteiger partial charge in [-0.3, -0.25) is 4.79 Å². The fraction of sp³-hybridized carbons (Fsp3) is 0.952. The summed E-state index contributed by atoms with van der Waals surface area (Å²) in [6.45, 7) is 15.7. The number of hydrogen-bond donors (Lipinski definition) is 0. The SMILES string of the molecule is CCC(C)(C)C(=O)O[C@@]1(C)CCC23CC1C(C)(C)C2CCC3C. The van der Waals surface area contributed by atoms with Gasteiger partial charge in [0.05, 0.1) is 5.41 Å². The van der Waals surface area contributed by atoms with Gasteiger partial charge in [-0.15, -0.1) is 0 Å². The third-order valence-corrected chi connectivity index (χ3v) is 8.53. The summed E-state index contributed by atoms with van der Waals surface area (Å²) in [5.41, 5.74) is 0.166. The molecule has 132 valence electrons. The van der Waals surface area contributed by atoms with Gasteiger partial charge in [-0.1, -0.05) is 27.7 Å². The topological polar surface area (TPSA) is 26.3 Å². The van der Waals surface area contributed by atoms with Crippen molar-refractivity contribution in [1.82, 2.24) is 0 Å². The number of fused-ring (bicyclic) bond motifs is 1. The molecule has 0 aliphatic heterocycles. The lowest BCUT2D eigenvalue weighted by atomic mass is 9.64. The summed E-state index contributed by atoms with van der Waals surface area (Å²) in [5.74, 6) is 2.16. The zero-order valence-corrected chi connectivity index (χ0v) is 16.3. The summed E-state index contributed by atoms with van der Waals surface area (Å²) >= 11 is 0. The Kier molecular flexibility index (Phi) is 3.75. The molecule has 3 saturated carbocycles. The Labute approximate surface area is 142 Å². The fourth-order valence-electron chi connectivity index (χ4n) is 6.47. The van der Waals surface area contributed by atoms with Crippen LogP contribution in [0.4, 0.5) is 0 Å². The average Bonchev–Trinajstić information content (AvgIpc) is 2.89. The molecule has 23 heavy (non-hydrogen) atoms. The Balaban J connectivity index is 1.89. The van der Waals surface area contributed by atoms with Gasteiger partial charge in [0.2, 0.25) is 0 Å². The summed E-state index contributed by atoms with van der Waals surface area (Å²) < 4.78 is 6.26. The van der Waals surface area contributed by atoms with Gasteiger partial charge in [0, 0.05) is 5.92 Å². The van der Waals surface area contributed by atoms with Crippen molar-refractivity contribution < 1.29 is 9.53 Å². The Bertz CT molecular complexity index is 506. The molecule has 0 N–H and O–H groups in total. The number of carbonyl (C=O) groups excluding carboxylic acids is 1. The first-order valence-electron chi connectivity index (χ1n) is 9.73. The van der Waals surface area contributed by atoms with Crippen LogP contribution >= 0.6 is 0 Å². The maximum atomic E-state index is 12.7. The molecule has 0 amide bonds. The van der Waals surface area contributed by atoms with Crippen LogP contribution in [0.25, 0.3) is 0 Å². The molecule has 0 aromatic rings.